The van der Waals surface area contributed by atoms with Crippen LogP contribution in [0, 0.1) is 0 Å². The number of nitrogens with two attached hydrogens (primary N) is 1. The number of rotatable bonds is 3. The Morgan fingerprint density at radius 1 is 1.50 bits per heavy atom. The van der Waals surface area contributed by atoms with Crippen molar-refractivity contribution < 1.29 is 9.32 Å². The third-order valence-electron chi connectivity index (χ3n) is 3.01. The summed E-state index contributed by atoms with van der Waals surface area (Å²) in [6, 6.07) is 0. The molecule has 1 fully saturated rings. The molecule has 1 aromatic rings. The summed E-state index contributed by atoms with van der Waals surface area (Å²) < 4.78 is 4.57. The minimum Gasteiger partial charge on any atom is -0.347 e. The van der Waals surface area contributed by atoms with Crippen molar-refractivity contribution in [3.05, 3.63) is 12.2 Å². The second-order valence-corrected chi connectivity index (χ2v) is 4.25. The van der Waals surface area contributed by atoms with E-state index in [0.29, 0.717) is 5.82 Å². The first-order valence-electron chi connectivity index (χ1n) is 5.53. The molecule has 1 aromatic heterocycles. The highest BCUT2D eigenvalue weighted by Crippen LogP contribution is 2.25. The number of aromatic nitrogens is 2. The molecule has 16 heavy (non-hydrogen) atoms. The van der Waals surface area contributed by atoms with Crippen LogP contribution in [0.15, 0.2) is 10.9 Å². The second-order valence-electron chi connectivity index (χ2n) is 4.25. The highest BCUT2D eigenvalue weighted by atomic mass is 16.5. The first-order chi connectivity index (χ1) is 7.71. The van der Waals surface area contributed by atoms with Gasteiger partial charge in [0.05, 0.1) is 12.1 Å². The third-order valence-corrected chi connectivity index (χ3v) is 3.01. The number of hydrogen-bond acceptors (Lipinski definition) is 5. The topological polar surface area (TPSA) is 94.0 Å². The van der Waals surface area contributed by atoms with E-state index in [1.54, 1.807) is 0 Å². The van der Waals surface area contributed by atoms with Gasteiger partial charge in [-0.1, -0.05) is 24.4 Å². The van der Waals surface area contributed by atoms with Crippen molar-refractivity contribution in [1.82, 2.24) is 15.5 Å². The summed E-state index contributed by atoms with van der Waals surface area (Å²) >= 11 is 0. The molecule has 1 aliphatic rings. The zero-order chi connectivity index (χ0) is 11.4. The normalized spacial score (nSPS) is 19.3. The molecule has 1 heterocycles. The summed E-state index contributed by atoms with van der Waals surface area (Å²) in [5, 5.41) is 6.36. The molecule has 6 heteroatoms. The first-order valence-corrected chi connectivity index (χ1v) is 5.53. The predicted molar refractivity (Wildman–Crippen MR) is 56.1 cm³/mol. The first kappa shape index (κ1) is 11.1. The largest absolute Gasteiger partial charge is 0.347 e. The minimum atomic E-state index is -0.706. The lowest BCUT2D eigenvalue weighted by Crippen LogP contribution is -2.54. The highest BCUT2D eigenvalue weighted by Gasteiger charge is 2.34. The Labute approximate surface area is 93.6 Å². The van der Waals surface area contributed by atoms with Gasteiger partial charge in [0, 0.05) is 0 Å². The highest BCUT2D eigenvalue weighted by molar-refractivity contribution is 5.86. The van der Waals surface area contributed by atoms with Gasteiger partial charge in [-0.3, -0.25) is 4.79 Å². The number of hydrogen-bond donors (Lipinski definition) is 2. The Balaban J connectivity index is 1.87. The van der Waals surface area contributed by atoms with Crippen LogP contribution in [0.25, 0.3) is 0 Å². The van der Waals surface area contributed by atoms with Crippen LogP contribution in [0.2, 0.25) is 0 Å². The molecule has 0 aliphatic heterocycles. The van der Waals surface area contributed by atoms with Crippen LogP contribution in [0.1, 0.15) is 37.9 Å². The van der Waals surface area contributed by atoms with Gasteiger partial charge in [0.25, 0.3) is 0 Å². The fourth-order valence-electron chi connectivity index (χ4n) is 2.02. The average molecular weight is 224 g/mol. The molecule has 6 nitrogen and oxygen atoms in total. The maximum Gasteiger partial charge on any atom is 0.240 e. The van der Waals surface area contributed by atoms with Gasteiger partial charge in [0.15, 0.2) is 5.82 Å². The monoisotopic (exact) mass is 224 g/mol. The Hall–Kier alpha value is -1.43. The van der Waals surface area contributed by atoms with Crippen molar-refractivity contribution in [1.29, 1.82) is 0 Å². The van der Waals surface area contributed by atoms with Gasteiger partial charge < -0.3 is 15.6 Å². The summed E-state index contributed by atoms with van der Waals surface area (Å²) in [6.45, 7) is 0.272. The Kier molecular flexibility index (Phi) is 3.19. The van der Waals surface area contributed by atoms with Crippen molar-refractivity contribution in [3.63, 3.8) is 0 Å². The fraction of sp³-hybridized carbons (Fsp3) is 0.700. The molecule has 0 bridgehead atoms. The Morgan fingerprint density at radius 3 is 2.88 bits per heavy atom. The average Bonchev–Trinajstić information content (AvgIpc) is 2.79. The molecule has 1 amide bonds. The van der Waals surface area contributed by atoms with E-state index < -0.39 is 5.54 Å². The smallest absolute Gasteiger partial charge is 0.240 e. The van der Waals surface area contributed by atoms with Crippen molar-refractivity contribution in [3.8, 4) is 0 Å². The maximum atomic E-state index is 11.9. The van der Waals surface area contributed by atoms with E-state index in [1.807, 2.05) is 0 Å². The van der Waals surface area contributed by atoms with Gasteiger partial charge in [-0.05, 0) is 12.8 Å². The van der Waals surface area contributed by atoms with Crippen LogP contribution >= 0.6 is 0 Å². The predicted octanol–water partition coefficient (Wildman–Crippen LogP) is 0.347. The van der Waals surface area contributed by atoms with Gasteiger partial charge in [-0.2, -0.15) is 4.98 Å². The lowest BCUT2D eigenvalue weighted by Gasteiger charge is -2.31. The van der Waals surface area contributed by atoms with Gasteiger partial charge in [-0.25, -0.2) is 0 Å². The number of carbonyl (C=O) groups excluding carboxylic acids is 1. The zero-order valence-corrected chi connectivity index (χ0v) is 9.11. The van der Waals surface area contributed by atoms with E-state index in [9.17, 15) is 4.79 Å². The zero-order valence-electron chi connectivity index (χ0n) is 9.11. The molecular formula is C10H16N4O2. The molecular weight excluding hydrogens is 208 g/mol. The lowest BCUT2D eigenvalue weighted by atomic mass is 9.82. The van der Waals surface area contributed by atoms with Crippen molar-refractivity contribution in [2.45, 2.75) is 44.2 Å². The summed E-state index contributed by atoms with van der Waals surface area (Å²) in [6.07, 6.45) is 5.95. The number of amides is 1. The summed E-state index contributed by atoms with van der Waals surface area (Å²) in [7, 11) is 0. The van der Waals surface area contributed by atoms with Crippen molar-refractivity contribution in [2.75, 3.05) is 0 Å². The van der Waals surface area contributed by atoms with Crippen molar-refractivity contribution >= 4 is 5.91 Å². The van der Waals surface area contributed by atoms with E-state index in [1.165, 1.54) is 6.39 Å². The van der Waals surface area contributed by atoms with Crippen LogP contribution < -0.4 is 11.1 Å². The number of nitrogens with one attached hydrogen (secondary N) is 1. The molecule has 0 atom stereocenters. The third kappa shape index (κ3) is 2.38. The maximum absolute atomic E-state index is 11.9. The molecule has 3 N–H and O–H groups in total. The molecule has 1 aliphatic carbocycles. The van der Waals surface area contributed by atoms with Gasteiger partial charge >= 0.3 is 0 Å². The van der Waals surface area contributed by atoms with Crippen LogP contribution in [0.4, 0.5) is 0 Å². The van der Waals surface area contributed by atoms with Gasteiger partial charge in [0.1, 0.15) is 0 Å². The van der Waals surface area contributed by atoms with E-state index in [0.717, 1.165) is 32.1 Å². The Morgan fingerprint density at radius 2 is 2.25 bits per heavy atom. The van der Waals surface area contributed by atoms with Crippen LogP contribution in [-0.2, 0) is 11.3 Å². The lowest BCUT2D eigenvalue weighted by molar-refractivity contribution is -0.127. The van der Waals surface area contributed by atoms with E-state index >= 15 is 0 Å². The molecule has 0 radical (unpaired) electrons. The Bertz CT molecular complexity index is 344. The molecule has 0 aromatic carbocycles. The fourth-order valence-corrected chi connectivity index (χ4v) is 2.02. The van der Waals surface area contributed by atoms with Crippen LogP contribution in [0.3, 0.4) is 0 Å². The van der Waals surface area contributed by atoms with E-state index in [2.05, 4.69) is 20.0 Å². The minimum absolute atomic E-state index is 0.114. The molecule has 0 spiro atoms. The van der Waals surface area contributed by atoms with Gasteiger partial charge in [0.2, 0.25) is 12.3 Å². The summed E-state index contributed by atoms with van der Waals surface area (Å²) in [4.78, 5) is 15.7. The van der Waals surface area contributed by atoms with Crippen LogP contribution in [-0.4, -0.2) is 21.6 Å². The van der Waals surface area contributed by atoms with E-state index in [-0.39, 0.29) is 12.5 Å². The second kappa shape index (κ2) is 4.61. The summed E-state index contributed by atoms with van der Waals surface area (Å²) in [5.41, 5.74) is 5.36. The van der Waals surface area contributed by atoms with Crippen LogP contribution in [0.5, 0.6) is 0 Å². The van der Waals surface area contributed by atoms with E-state index in [4.69, 9.17) is 5.73 Å². The molecule has 1 saturated carbocycles. The van der Waals surface area contributed by atoms with Gasteiger partial charge in [-0.15, -0.1) is 0 Å². The number of carbonyl (C=O) groups is 1. The van der Waals surface area contributed by atoms with Crippen molar-refractivity contribution in [2.24, 2.45) is 5.73 Å². The standard InChI is InChI=1S/C10H16N4O2/c11-10(4-2-1-3-5-10)9(15)12-6-8-13-7-16-14-8/h7H,1-6,11H2,(H,12,15). The quantitative estimate of drug-likeness (QED) is 0.772. The SMILES string of the molecule is NC1(C(=O)NCc2ncon2)CCCCC1. The molecule has 88 valence electrons. The number of nitrogens with zero attached hydrogens (tertiary/aromatic N) is 2. The molecule has 0 unspecified atom stereocenters. The molecule has 0 saturated heterocycles. The molecule has 2 rings (SSSR count). The summed E-state index contributed by atoms with van der Waals surface area (Å²) in [5.74, 6) is 0.352.